The Morgan fingerprint density at radius 3 is 2.19 bits per heavy atom. The number of ketones is 1. The fourth-order valence-corrected chi connectivity index (χ4v) is 13.4. The highest BCUT2D eigenvalue weighted by molar-refractivity contribution is 5.99. The van der Waals surface area contributed by atoms with Crippen molar-refractivity contribution < 1.29 is 47.5 Å². The zero-order chi connectivity index (χ0) is 41.0. The van der Waals surface area contributed by atoms with Crippen molar-refractivity contribution in [3.8, 4) is 0 Å². The lowest BCUT2D eigenvalue weighted by Gasteiger charge is -2.44. The van der Waals surface area contributed by atoms with Crippen LogP contribution in [0.25, 0.3) is 0 Å². The highest BCUT2D eigenvalue weighted by atomic mass is 16.7. The van der Waals surface area contributed by atoms with Crippen LogP contribution in [0.15, 0.2) is 11.6 Å². The maximum absolute atomic E-state index is 15.1. The predicted molar refractivity (Wildman–Crippen MR) is 217 cm³/mol. The molecule has 328 valence electrons. The summed E-state index contributed by atoms with van der Waals surface area (Å²) in [5, 5.41) is 0. The predicted octanol–water partition coefficient (Wildman–Crippen LogP) is 5.93. The highest BCUT2D eigenvalue weighted by Gasteiger charge is 2.70. The van der Waals surface area contributed by atoms with Crippen molar-refractivity contribution in [2.75, 3.05) is 35.4 Å². The number of allylic oxidation sites excluding steroid dienone is 2. The van der Waals surface area contributed by atoms with E-state index in [0.717, 1.165) is 56.9 Å². The highest BCUT2D eigenvalue weighted by Crippen LogP contribution is 2.65. The van der Waals surface area contributed by atoms with Crippen LogP contribution in [-0.2, 0) is 47.5 Å². The third-order valence-electron chi connectivity index (χ3n) is 16.2. The van der Waals surface area contributed by atoms with Gasteiger partial charge in [0.25, 0.3) is 0 Å². The van der Waals surface area contributed by atoms with Crippen molar-refractivity contribution in [3.05, 3.63) is 11.6 Å². The van der Waals surface area contributed by atoms with Crippen molar-refractivity contribution >= 4 is 11.8 Å². The number of cyclic esters (lactones) is 1. The number of methoxy groups -OCH3 is 3. The van der Waals surface area contributed by atoms with Gasteiger partial charge in [-0.05, 0) is 121 Å². The van der Waals surface area contributed by atoms with Crippen LogP contribution in [0.1, 0.15) is 111 Å². The molecule has 0 amide bonds. The molecule has 4 saturated heterocycles. The van der Waals surface area contributed by atoms with Gasteiger partial charge in [0.2, 0.25) is 0 Å². The van der Waals surface area contributed by atoms with Crippen molar-refractivity contribution in [2.24, 2.45) is 35.5 Å². The SMILES string of the molecule is CC[C@H]1CCC[C@H](O[C@H]2CC[C@H](N(C)C)C(C)O2)[C@@H](C)C(=O)C2=C[C@H]3[C@@H]4C[C@H](O[C@@H]5OC(C)[C@H](OC)C(OC)[C@@H]5OC)C[C@H]4[C@H]4[C@@H]([C@H]3[C@@H]2CC(=O)O1)N4C1CCCC1. The number of likely N-dealkylation sites (tertiary alicyclic amines) is 1. The Kier molecular flexibility index (Phi) is 13.5. The van der Waals surface area contributed by atoms with Gasteiger partial charge in [0.05, 0.1) is 30.8 Å². The largest absolute Gasteiger partial charge is 0.462 e. The quantitative estimate of drug-likeness (QED) is 0.193. The average molecular weight is 815 g/mol. The number of fused-ring (bicyclic) bond motifs is 8. The van der Waals surface area contributed by atoms with E-state index in [2.05, 4.69) is 50.7 Å². The number of hydrogen-bond acceptors (Lipinski definition) is 12. The van der Waals surface area contributed by atoms with Crippen LogP contribution >= 0.6 is 0 Å². The Morgan fingerprint density at radius 1 is 0.793 bits per heavy atom. The molecule has 12 nitrogen and oxygen atoms in total. The molecule has 20 atom stereocenters. The number of rotatable bonds is 10. The first-order chi connectivity index (χ1) is 28.0. The van der Waals surface area contributed by atoms with Crippen molar-refractivity contribution in [1.82, 2.24) is 9.80 Å². The smallest absolute Gasteiger partial charge is 0.306 e. The molecule has 0 aromatic rings. The Morgan fingerprint density at radius 2 is 1.52 bits per heavy atom. The molecule has 0 aromatic heterocycles. The lowest BCUT2D eigenvalue weighted by atomic mass is 9.66. The van der Waals surface area contributed by atoms with E-state index in [1.165, 1.54) is 25.7 Å². The maximum atomic E-state index is 15.1. The van der Waals surface area contributed by atoms with Crippen LogP contribution in [0.2, 0.25) is 0 Å². The fraction of sp³-hybridized carbons (Fsp3) is 0.913. The number of ether oxygens (including phenoxy) is 8. The van der Waals surface area contributed by atoms with Crippen LogP contribution in [0, 0.1) is 35.5 Å². The van der Waals surface area contributed by atoms with Crippen molar-refractivity contribution in [1.29, 1.82) is 0 Å². The fourth-order valence-electron chi connectivity index (χ4n) is 13.4. The third-order valence-corrected chi connectivity index (χ3v) is 16.2. The number of nitrogens with zero attached hydrogens (tertiary/aromatic N) is 2. The molecule has 4 heterocycles. The number of carbonyl (C=O) groups excluding carboxylic acids is 2. The summed E-state index contributed by atoms with van der Waals surface area (Å²) in [5.41, 5.74) is 0.840. The lowest BCUT2D eigenvalue weighted by molar-refractivity contribution is -0.314. The van der Waals surface area contributed by atoms with E-state index in [0.29, 0.717) is 36.0 Å². The van der Waals surface area contributed by atoms with Gasteiger partial charge in [-0.3, -0.25) is 14.5 Å². The molecule has 4 unspecified atom stereocenters. The molecular formula is C46H74N2O10. The van der Waals surface area contributed by atoms with Crippen LogP contribution in [-0.4, -0.2) is 143 Å². The van der Waals surface area contributed by atoms with E-state index in [9.17, 15) is 4.79 Å². The van der Waals surface area contributed by atoms with Crippen LogP contribution in [0.5, 0.6) is 0 Å². The summed E-state index contributed by atoms with van der Waals surface area (Å²) < 4.78 is 50.6. The summed E-state index contributed by atoms with van der Waals surface area (Å²) in [6, 6.07) is 1.69. The first-order valence-corrected chi connectivity index (χ1v) is 23.1. The monoisotopic (exact) mass is 815 g/mol. The molecule has 0 bridgehead atoms. The second kappa shape index (κ2) is 18.1. The topological polar surface area (TPSA) is 114 Å². The molecule has 0 spiro atoms. The van der Waals surface area contributed by atoms with Gasteiger partial charge in [0.1, 0.15) is 24.4 Å². The van der Waals surface area contributed by atoms with E-state index >= 15 is 4.79 Å². The number of esters is 1. The first kappa shape index (κ1) is 43.2. The van der Waals surface area contributed by atoms with Gasteiger partial charge in [-0.15, -0.1) is 0 Å². The number of likely N-dealkylation sites (N-methyl/N-ethyl adjacent to an activating group) is 1. The number of carbonyl (C=O) groups is 2. The summed E-state index contributed by atoms with van der Waals surface area (Å²) in [6.07, 6.45) is 11.7. The first-order valence-electron chi connectivity index (χ1n) is 23.1. The summed E-state index contributed by atoms with van der Waals surface area (Å²) in [5.74, 6) is 0.597. The summed E-state index contributed by atoms with van der Waals surface area (Å²) >= 11 is 0. The van der Waals surface area contributed by atoms with Gasteiger partial charge in [-0.1, -0.05) is 32.8 Å². The third kappa shape index (κ3) is 8.14. The van der Waals surface area contributed by atoms with E-state index < -0.39 is 12.4 Å². The number of hydrogen-bond donors (Lipinski definition) is 0. The van der Waals surface area contributed by atoms with Gasteiger partial charge >= 0.3 is 5.97 Å². The molecule has 0 radical (unpaired) electrons. The molecule has 58 heavy (non-hydrogen) atoms. The zero-order valence-electron chi connectivity index (χ0n) is 36.8. The van der Waals surface area contributed by atoms with Crippen LogP contribution in [0.3, 0.4) is 0 Å². The Hall–Kier alpha value is -1.48. The molecule has 4 aliphatic carbocycles. The second-order valence-electron chi connectivity index (χ2n) is 19.5. The van der Waals surface area contributed by atoms with E-state index in [4.69, 9.17) is 37.9 Å². The maximum Gasteiger partial charge on any atom is 0.306 e. The molecule has 7 fully saturated rings. The molecule has 8 aliphatic rings. The van der Waals surface area contributed by atoms with E-state index in [-0.39, 0.29) is 90.9 Å². The Bertz CT molecular complexity index is 1470. The van der Waals surface area contributed by atoms with E-state index in [1.807, 2.05) is 6.92 Å². The van der Waals surface area contributed by atoms with Gasteiger partial charge in [-0.25, -0.2) is 0 Å². The normalized spacial score (nSPS) is 48.6. The molecule has 0 aromatic carbocycles. The summed E-state index contributed by atoms with van der Waals surface area (Å²) in [4.78, 5) is 34.1. The number of Topliss-reactive ketones (excluding diaryl/α,β-unsaturated/α-hetero) is 1. The summed E-state index contributed by atoms with van der Waals surface area (Å²) in [7, 11) is 9.27. The molecule has 4 aliphatic heterocycles. The molecule has 12 heteroatoms. The van der Waals surface area contributed by atoms with Crippen molar-refractivity contribution in [2.45, 2.75) is 197 Å². The minimum absolute atomic E-state index is 0.0236. The van der Waals surface area contributed by atoms with Gasteiger partial charge < -0.3 is 42.8 Å². The molecular weight excluding hydrogens is 741 g/mol. The Balaban J connectivity index is 1.08. The lowest BCUT2D eigenvalue weighted by Crippen LogP contribution is -2.59. The molecule has 8 rings (SSSR count). The van der Waals surface area contributed by atoms with Crippen LogP contribution < -0.4 is 0 Å². The molecule has 0 N–H and O–H groups in total. The second-order valence-corrected chi connectivity index (χ2v) is 19.5. The van der Waals surface area contributed by atoms with E-state index in [1.54, 1.807) is 21.3 Å². The van der Waals surface area contributed by atoms with Crippen LogP contribution in [0.4, 0.5) is 0 Å². The minimum Gasteiger partial charge on any atom is -0.462 e. The van der Waals surface area contributed by atoms with Crippen molar-refractivity contribution in [3.63, 3.8) is 0 Å². The Labute approximate surface area is 347 Å². The molecule has 3 saturated carbocycles. The average Bonchev–Trinajstić information content (AvgIpc) is 3.54. The minimum atomic E-state index is -0.583. The van der Waals surface area contributed by atoms with Gasteiger partial charge in [0, 0.05) is 57.3 Å². The standard InChI is InChI=1S/C46H74N2O10/c1-10-28-16-13-17-36(58-38-19-18-35(47(5)6)25(3)54-38)24(2)42(50)34-22-31-30-20-29(57-46-45(53-9)44(52-8)43(51-7)26(4)55-46)21-33(30)40-41(48(40)27-14-11-12-15-27)39(31)32(34)23-37(49)56-28/h22,24-33,35-36,38-41,43-46H,10-21,23H2,1-9H3/t24-,25?,26?,28+,29+,30+,31+,32-,33-,35+,36+,38+,39-,40+,41-,43+,44?,45+,46+,48?/m1/s1. The van der Waals surface area contributed by atoms with Gasteiger partial charge in [0.15, 0.2) is 18.4 Å². The zero-order valence-corrected chi connectivity index (χ0v) is 36.8. The summed E-state index contributed by atoms with van der Waals surface area (Å²) in [6.45, 7) is 8.30. The van der Waals surface area contributed by atoms with Gasteiger partial charge in [-0.2, -0.15) is 0 Å².